The number of benzene rings is 1. The van der Waals surface area contributed by atoms with E-state index in [0.29, 0.717) is 24.8 Å². The Bertz CT molecular complexity index is 831. The van der Waals surface area contributed by atoms with E-state index in [1.54, 1.807) is 16.0 Å². The highest BCUT2D eigenvalue weighted by Gasteiger charge is 2.41. The summed E-state index contributed by atoms with van der Waals surface area (Å²) in [5.41, 5.74) is 3.22. The second-order valence-corrected chi connectivity index (χ2v) is 7.81. The minimum atomic E-state index is -0.273. The number of nitrogens with zero attached hydrogens (tertiary/aromatic N) is 3. The largest absolute Gasteiger partial charge is 0.463 e. The third-order valence-corrected chi connectivity index (χ3v) is 5.77. The molecule has 7 heteroatoms. The minimum Gasteiger partial charge on any atom is -0.463 e. The SMILES string of the molecule is Cc1ccc(N2CC(C(=O)N3CC(Oc4nccs4)C3)CC2=O)cc1C. The summed E-state index contributed by atoms with van der Waals surface area (Å²) in [6.07, 6.45) is 1.98. The van der Waals surface area contributed by atoms with Gasteiger partial charge in [0, 0.05) is 30.2 Å². The van der Waals surface area contributed by atoms with Crippen LogP contribution in [0.25, 0.3) is 0 Å². The Morgan fingerprint density at radius 3 is 2.73 bits per heavy atom. The molecule has 1 atom stereocenters. The van der Waals surface area contributed by atoms with Gasteiger partial charge in [-0.1, -0.05) is 17.4 Å². The predicted molar refractivity (Wildman–Crippen MR) is 99.5 cm³/mol. The zero-order valence-electron chi connectivity index (χ0n) is 14.8. The molecule has 136 valence electrons. The van der Waals surface area contributed by atoms with Gasteiger partial charge in [-0.3, -0.25) is 9.59 Å². The number of thiazole rings is 1. The summed E-state index contributed by atoms with van der Waals surface area (Å²) in [6.45, 7) is 5.66. The zero-order chi connectivity index (χ0) is 18.3. The van der Waals surface area contributed by atoms with Crippen molar-refractivity contribution in [1.82, 2.24) is 9.88 Å². The molecule has 1 aromatic carbocycles. The number of carbonyl (C=O) groups is 2. The number of hydrogen-bond acceptors (Lipinski definition) is 5. The Morgan fingerprint density at radius 1 is 1.23 bits per heavy atom. The molecule has 0 bridgehead atoms. The van der Waals surface area contributed by atoms with Crippen molar-refractivity contribution < 1.29 is 14.3 Å². The average Bonchev–Trinajstić information content (AvgIpc) is 3.22. The van der Waals surface area contributed by atoms with Crippen LogP contribution in [0.2, 0.25) is 0 Å². The lowest BCUT2D eigenvalue weighted by molar-refractivity contribution is -0.144. The molecule has 0 radical (unpaired) electrons. The van der Waals surface area contributed by atoms with Crippen LogP contribution in [0.4, 0.5) is 5.69 Å². The number of aromatic nitrogens is 1. The lowest BCUT2D eigenvalue weighted by atomic mass is 10.0. The van der Waals surface area contributed by atoms with Crippen LogP contribution in [0.3, 0.4) is 0 Å². The first-order chi connectivity index (χ1) is 12.5. The summed E-state index contributed by atoms with van der Waals surface area (Å²) in [5, 5.41) is 2.50. The summed E-state index contributed by atoms with van der Waals surface area (Å²) in [5.74, 6) is -0.212. The van der Waals surface area contributed by atoms with E-state index in [1.807, 2.05) is 37.4 Å². The van der Waals surface area contributed by atoms with E-state index in [4.69, 9.17) is 4.74 Å². The molecule has 2 amide bonds. The molecule has 2 fully saturated rings. The molecule has 4 rings (SSSR count). The van der Waals surface area contributed by atoms with E-state index in [9.17, 15) is 9.59 Å². The molecule has 2 aliphatic heterocycles. The first-order valence-corrected chi connectivity index (χ1v) is 9.62. The molecule has 26 heavy (non-hydrogen) atoms. The van der Waals surface area contributed by atoms with Crippen LogP contribution >= 0.6 is 11.3 Å². The minimum absolute atomic E-state index is 0.00180. The highest BCUT2D eigenvalue weighted by atomic mass is 32.1. The van der Waals surface area contributed by atoms with E-state index in [-0.39, 0.29) is 30.3 Å². The fourth-order valence-electron chi connectivity index (χ4n) is 3.38. The highest BCUT2D eigenvalue weighted by Crippen LogP contribution is 2.29. The first kappa shape index (κ1) is 17.0. The van der Waals surface area contributed by atoms with Gasteiger partial charge in [-0.15, -0.1) is 0 Å². The van der Waals surface area contributed by atoms with E-state index < -0.39 is 0 Å². The van der Waals surface area contributed by atoms with E-state index in [1.165, 1.54) is 16.9 Å². The van der Waals surface area contributed by atoms with Crippen molar-refractivity contribution in [3.8, 4) is 5.19 Å². The standard InChI is InChI=1S/C19H21N3O3S/c1-12-3-4-15(7-13(12)2)22-9-14(8-17(22)23)18(24)21-10-16(11-21)25-19-20-5-6-26-19/h3-7,14,16H,8-11H2,1-2H3. The van der Waals surface area contributed by atoms with Crippen molar-refractivity contribution in [1.29, 1.82) is 0 Å². The van der Waals surface area contributed by atoms with E-state index >= 15 is 0 Å². The van der Waals surface area contributed by atoms with Crippen LogP contribution < -0.4 is 9.64 Å². The molecule has 0 aliphatic carbocycles. The number of likely N-dealkylation sites (tertiary alicyclic amines) is 1. The zero-order valence-corrected chi connectivity index (χ0v) is 15.7. The van der Waals surface area contributed by atoms with E-state index in [0.717, 1.165) is 11.3 Å². The van der Waals surface area contributed by atoms with Crippen LogP contribution in [0.15, 0.2) is 29.8 Å². The summed E-state index contributed by atoms with van der Waals surface area (Å²) >= 11 is 1.45. The fraction of sp³-hybridized carbons (Fsp3) is 0.421. The molecule has 0 N–H and O–H groups in total. The monoisotopic (exact) mass is 371 g/mol. The molecular formula is C19H21N3O3S. The van der Waals surface area contributed by atoms with Gasteiger partial charge in [-0.05, 0) is 37.1 Å². The van der Waals surface area contributed by atoms with Gasteiger partial charge < -0.3 is 14.5 Å². The normalized spacial score (nSPS) is 20.4. The Morgan fingerprint density at radius 2 is 2.04 bits per heavy atom. The van der Waals surface area contributed by atoms with Gasteiger partial charge in [0.1, 0.15) is 6.10 Å². The Hall–Kier alpha value is -2.41. The second-order valence-electron chi connectivity index (χ2n) is 6.96. The number of rotatable bonds is 4. The third-order valence-electron chi connectivity index (χ3n) is 5.11. The molecule has 3 heterocycles. The van der Waals surface area contributed by atoms with Gasteiger partial charge in [0.2, 0.25) is 11.8 Å². The van der Waals surface area contributed by atoms with Crippen LogP contribution in [0.1, 0.15) is 17.5 Å². The second kappa shape index (κ2) is 6.72. The van der Waals surface area contributed by atoms with Crippen LogP contribution in [-0.4, -0.2) is 47.4 Å². The quantitative estimate of drug-likeness (QED) is 0.828. The number of hydrogen-bond donors (Lipinski definition) is 0. The maximum absolute atomic E-state index is 12.7. The first-order valence-electron chi connectivity index (χ1n) is 8.74. The Kier molecular flexibility index (Phi) is 4.40. The summed E-state index contributed by atoms with van der Waals surface area (Å²) in [4.78, 5) is 32.7. The third kappa shape index (κ3) is 3.19. The lowest BCUT2D eigenvalue weighted by Crippen LogP contribution is -2.57. The number of aryl methyl sites for hydroxylation is 2. The molecular weight excluding hydrogens is 350 g/mol. The van der Waals surface area contributed by atoms with Crippen molar-refractivity contribution >= 4 is 28.8 Å². The predicted octanol–water partition coefficient (Wildman–Crippen LogP) is 2.40. The van der Waals surface area contributed by atoms with Gasteiger partial charge in [-0.2, -0.15) is 0 Å². The molecule has 2 saturated heterocycles. The van der Waals surface area contributed by atoms with E-state index in [2.05, 4.69) is 4.98 Å². The van der Waals surface area contributed by atoms with Crippen LogP contribution in [0.5, 0.6) is 5.19 Å². The number of anilines is 1. The number of amides is 2. The Labute approximate surface area is 156 Å². The van der Waals surface area contributed by atoms with Gasteiger partial charge in [-0.25, -0.2) is 4.98 Å². The summed E-state index contributed by atoms with van der Waals surface area (Å²) in [6, 6.07) is 5.99. The number of carbonyl (C=O) groups excluding carboxylic acids is 2. The maximum Gasteiger partial charge on any atom is 0.273 e. The van der Waals surface area contributed by atoms with Crippen molar-refractivity contribution in [2.24, 2.45) is 5.92 Å². The Balaban J connectivity index is 1.35. The molecule has 2 aromatic rings. The van der Waals surface area contributed by atoms with Crippen molar-refractivity contribution in [3.05, 3.63) is 40.9 Å². The molecule has 0 saturated carbocycles. The average molecular weight is 371 g/mol. The van der Waals surface area contributed by atoms with Gasteiger partial charge in [0.05, 0.1) is 19.0 Å². The fourth-order valence-corrected chi connectivity index (χ4v) is 3.93. The summed E-state index contributed by atoms with van der Waals surface area (Å²) < 4.78 is 5.71. The molecule has 1 aromatic heterocycles. The highest BCUT2D eigenvalue weighted by molar-refractivity contribution is 7.11. The smallest absolute Gasteiger partial charge is 0.273 e. The lowest BCUT2D eigenvalue weighted by Gasteiger charge is -2.39. The molecule has 1 unspecified atom stereocenters. The topological polar surface area (TPSA) is 62.7 Å². The van der Waals surface area contributed by atoms with Crippen LogP contribution in [0, 0.1) is 19.8 Å². The van der Waals surface area contributed by atoms with Gasteiger partial charge >= 0.3 is 0 Å². The van der Waals surface area contributed by atoms with Crippen molar-refractivity contribution in [2.45, 2.75) is 26.4 Å². The van der Waals surface area contributed by atoms with Crippen molar-refractivity contribution in [2.75, 3.05) is 24.5 Å². The van der Waals surface area contributed by atoms with Gasteiger partial charge in [0.25, 0.3) is 5.19 Å². The molecule has 2 aliphatic rings. The molecule has 0 spiro atoms. The van der Waals surface area contributed by atoms with Crippen molar-refractivity contribution in [3.63, 3.8) is 0 Å². The molecule has 6 nitrogen and oxygen atoms in total. The van der Waals surface area contributed by atoms with Gasteiger partial charge in [0.15, 0.2) is 0 Å². The summed E-state index contributed by atoms with van der Waals surface area (Å²) in [7, 11) is 0. The van der Waals surface area contributed by atoms with Crippen LogP contribution in [-0.2, 0) is 9.59 Å². The number of ether oxygens (including phenoxy) is 1. The maximum atomic E-state index is 12.7.